The summed E-state index contributed by atoms with van der Waals surface area (Å²) in [5, 5.41) is 12.8. The first-order valence-corrected chi connectivity index (χ1v) is 6.19. The van der Waals surface area contributed by atoms with E-state index in [2.05, 4.69) is 11.4 Å². The number of rotatable bonds is 3. The fourth-order valence-electron chi connectivity index (χ4n) is 2.01. The lowest BCUT2D eigenvalue weighted by Gasteiger charge is -2.23. The number of nitrogens with zero attached hydrogens (tertiary/aromatic N) is 1. The second-order valence-corrected chi connectivity index (χ2v) is 4.65. The van der Waals surface area contributed by atoms with E-state index in [1.807, 2.05) is 12.1 Å². The number of hydrogen-bond acceptors (Lipinski definition) is 3. The molecule has 1 aliphatic heterocycles. The molecule has 0 amide bonds. The lowest BCUT2D eigenvalue weighted by atomic mass is 10.0. The molecule has 1 N–H and O–H groups in total. The molecule has 1 saturated heterocycles. The number of anilines is 1. The van der Waals surface area contributed by atoms with Crippen LogP contribution in [0.5, 0.6) is 0 Å². The first-order valence-electron chi connectivity index (χ1n) is 5.81. The van der Waals surface area contributed by atoms with Gasteiger partial charge in [0.25, 0.3) is 0 Å². The zero-order valence-electron chi connectivity index (χ0n) is 9.58. The van der Waals surface area contributed by atoms with Crippen LogP contribution in [0.3, 0.4) is 0 Å². The van der Waals surface area contributed by atoms with Crippen molar-refractivity contribution in [1.82, 2.24) is 0 Å². The normalized spacial score (nSPS) is 19.6. The summed E-state index contributed by atoms with van der Waals surface area (Å²) in [6.07, 6.45) is 2.29. The number of hydrogen-bond donors (Lipinski definition) is 1. The Morgan fingerprint density at radius 3 is 3.12 bits per heavy atom. The van der Waals surface area contributed by atoms with Gasteiger partial charge < -0.3 is 10.1 Å². The second-order valence-electron chi connectivity index (χ2n) is 4.24. The smallest absolute Gasteiger partial charge is 0.103 e. The molecule has 0 radical (unpaired) electrons. The van der Waals surface area contributed by atoms with Crippen LogP contribution in [0.1, 0.15) is 18.4 Å². The number of nitriles is 1. The number of halogens is 1. The van der Waals surface area contributed by atoms with E-state index in [9.17, 15) is 0 Å². The van der Waals surface area contributed by atoms with E-state index < -0.39 is 0 Å². The zero-order chi connectivity index (χ0) is 12.1. The van der Waals surface area contributed by atoms with Crippen molar-refractivity contribution in [2.24, 2.45) is 5.92 Å². The van der Waals surface area contributed by atoms with Gasteiger partial charge in [-0.1, -0.05) is 17.7 Å². The monoisotopic (exact) mass is 250 g/mol. The first kappa shape index (κ1) is 12.2. The molecule has 2 rings (SSSR count). The van der Waals surface area contributed by atoms with Gasteiger partial charge in [0.1, 0.15) is 6.07 Å². The van der Waals surface area contributed by atoms with Gasteiger partial charge in [-0.3, -0.25) is 0 Å². The summed E-state index contributed by atoms with van der Waals surface area (Å²) in [5.74, 6) is 0.522. The maximum Gasteiger partial charge on any atom is 0.103 e. The molecule has 0 aromatic heterocycles. The molecule has 1 heterocycles. The Labute approximate surface area is 106 Å². The van der Waals surface area contributed by atoms with Crippen LogP contribution in [0.15, 0.2) is 18.2 Å². The van der Waals surface area contributed by atoms with E-state index in [-0.39, 0.29) is 0 Å². The average molecular weight is 251 g/mol. The van der Waals surface area contributed by atoms with Crippen LogP contribution in [0.4, 0.5) is 5.69 Å². The van der Waals surface area contributed by atoms with E-state index in [0.717, 1.165) is 31.9 Å². The summed E-state index contributed by atoms with van der Waals surface area (Å²) in [4.78, 5) is 0. The largest absolute Gasteiger partial charge is 0.384 e. The third-order valence-corrected chi connectivity index (χ3v) is 3.28. The molecule has 4 heteroatoms. The molecule has 0 saturated carbocycles. The highest BCUT2D eigenvalue weighted by molar-refractivity contribution is 6.32. The lowest BCUT2D eigenvalue weighted by molar-refractivity contribution is 0.0595. The summed E-state index contributed by atoms with van der Waals surface area (Å²) in [7, 11) is 0. The van der Waals surface area contributed by atoms with Gasteiger partial charge >= 0.3 is 0 Å². The van der Waals surface area contributed by atoms with Crippen molar-refractivity contribution in [3.8, 4) is 6.07 Å². The maximum atomic E-state index is 9.04. The fourth-order valence-corrected chi connectivity index (χ4v) is 2.22. The fraction of sp³-hybridized carbons (Fsp3) is 0.462. The highest BCUT2D eigenvalue weighted by Gasteiger charge is 2.14. The number of ether oxygens (including phenoxy) is 1. The summed E-state index contributed by atoms with van der Waals surface area (Å²) >= 11 is 5.96. The molecular formula is C13H15ClN2O. The van der Waals surface area contributed by atoms with Crippen molar-refractivity contribution in [3.05, 3.63) is 28.8 Å². The molecule has 17 heavy (non-hydrogen) atoms. The maximum absolute atomic E-state index is 9.04. The molecule has 0 bridgehead atoms. The molecule has 1 atom stereocenters. The Balaban J connectivity index is 1.99. The van der Waals surface area contributed by atoms with Crippen LogP contribution < -0.4 is 5.32 Å². The standard InChI is InChI=1S/C13H15ClN2O/c14-12-4-1-5-13(11(12)7-15)16-8-10-3-2-6-17-9-10/h1,4-5,10,16H,2-3,6,8-9H2. The topological polar surface area (TPSA) is 45.0 Å². The Bertz CT molecular complexity index is 422. The predicted molar refractivity (Wildman–Crippen MR) is 68.2 cm³/mol. The Morgan fingerprint density at radius 2 is 2.41 bits per heavy atom. The van der Waals surface area contributed by atoms with Crippen molar-refractivity contribution in [2.75, 3.05) is 25.1 Å². The Morgan fingerprint density at radius 1 is 1.53 bits per heavy atom. The molecule has 0 aliphatic carbocycles. The van der Waals surface area contributed by atoms with Gasteiger partial charge in [-0.25, -0.2) is 0 Å². The van der Waals surface area contributed by atoms with Gasteiger partial charge in [0.2, 0.25) is 0 Å². The van der Waals surface area contributed by atoms with Gasteiger partial charge in [0, 0.05) is 13.2 Å². The first-order chi connectivity index (χ1) is 8.31. The van der Waals surface area contributed by atoms with Crippen molar-refractivity contribution in [3.63, 3.8) is 0 Å². The number of benzene rings is 1. The van der Waals surface area contributed by atoms with E-state index in [0.29, 0.717) is 16.5 Å². The molecule has 1 aromatic rings. The minimum Gasteiger partial charge on any atom is -0.384 e. The summed E-state index contributed by atoms with van der Waals surface area (Å²) < 4.78 is 5.42. The highest BCUT2D eigenvalue weighted by Crippen LogP contribution is 2.24. The van der Waals surface area contributed by atoms with Crippen LogP contribution in [0, 0.1) is 17.2 Å². The predicted octanol–water partition coefficient (Wildman–Crippen LogP) is 3.05. The van der Waals surface area contributed by atoms with Gasteiger partial charge in [-0.2, -0.15) is 5.26 Å². The molecule has 1 unspecified atom stereocenters. The van der Waals surface area contributed by atoms with Crippen molar-refractivity contribution < 1.29 is 4.74 Å². The number of nitrogens with one attached hydrogen (secondary N) is 1. The van der Waals surface area contributed by atoms with Gasteiger partial charge in [0.15, 0.2) is 0 Å². The molecule has 0 spiro atoms. The van der Waals surface area contributed by atoms with Crippen LogP contribution in [-0.2, 0) is 4.74 Å². The van der Waals surface area contributed by atoms with Gasteiger partial charge in [-0.05, 0) is 30.9 Å². The van der Waals surface area contributed by atoms with Crippen LogP contribution in [0.2, 0.25) is 5.02 Å². The van der Waals surface area contributed by atoms with Crippen molar-refractivity contribution >= 4 is 17.3 Å². The van der Waals surface area contributed by atoms with Crippen LogP contribution in [-0.4, -0.2) is 19.8 Å². The third-order valence-electron chi connectivity index (χ3n) is 2.96. The molecular weight excluding hydrogens is 236 g/mol. The third kappa shape index (κ3) is 3.12. The summed E-state index contributed by atoms with van der Waals surface area (Å²) in [6, 6.07) is 7.59. The van der Waals surface area contributed by atoms with E-state index >= 15 is 0 Å². The molecule has 1 aliphatic rings. The Kier molecular flexibility index (Phi) is 4.24. The molecule has 1 fully saturated rings. The SMILES string of the molecule is N#Cc1c(Cl)cccc1NCC1CCCOC1. The van der Waals surface area contributed by atoms with Crippen molar-refractivity contribution in [1.29, 1.82) is 5.26 Å². The van der Waals surface area contributed by atoms with Crippen molar-refractivity contribution in [2.45, 2.75) is 12.8 Å². The second kappa shape index (κ2) is 5.90. The molecule has 3 nitrogen and oxygen atoms in total. The van der Waals surface area contributed by atoms with Gasteiger partial charge in [0.05, 0.1) is 22.9 Å². The van der Waals surface area contributed by atoms with Crippen LogP contribution in [0.25, 0.3) is 0 Å². The zero-order valence-corrected chi connectivity index (χ0v) is 10.3. The minimum absolute atomic E-state index is 0.498. The highest BCUT2D eigenvalue weighted by atomic mass is 35.5. The Hall–Kier alpha value is -1.24. The van der Waals surface area contributed by atoms with Gasteiger partial charge in [-0.15, -0.1) is 0 Å². The van der Waals surface area contributed by atoms with E-state index in [1.54, 1.807) is 6.07 Å². The minimum atomic E-state index is 0.498. The lowest BCUT2D eigenvalue weighted by Crippen LogP contribution is -2.24. The summed E-state index contributed by atoms with van der Waals surface area (Å²) in [6.45, 7) is 2.50. The average Bonchev–Trinajstić information content (AvgIpc) is 2.37. The quantitative estimate of drug-likeness (QED) is 0.897. The molecule has 1 aromatic carbocycles. The van der Waals surface area contributed by atoms with E-state index in [4.69, 9.17) is 21.6 Å². The van der Waals surface area contributed by atoms with Crippen LogP contribution >= 0.6 is 11.6 Å². The molecule has 90 valence electrons. The van der Waals surface area contributed by atoms with E-state index in [1.165, 1.54) is 6.42 Å². The summed E-state index contributed by atoms with van der Waals surface area (Å²) in [5.41, 5.74) is 1.33.